The summed E-state index contributed by atoms with van der Waals surface area (Å²) in [5.74, 6) is 1.45. The fourth-order valence-corrected chi connectivity index (χ4v) is 1.54. The van der Waals surface area contributed by atoms with Crippen LogP contribution in [0.1, 0.15) is 12.5 Å². The quantitative estimate of drug-likeness (QED) is 0.802. The van der Waals surface area contributed by atoms with Crippen molar-refractivity contribution in [2.24, 2.45) is 0 Å². The first-order chi connectivity index (χ1) is 6.67. The van der Waals surface area contributed by atoms with Crippen molar-refractivity contribution in [3.05, 3.63) is 23.8 Å². The van der Waals surface area contributed by atoms with Crippen LogP contribution in [0, 0.1) is 0 Å². The van der Waals surface area contributed by atoms with Gasteiger partial charge in [-0.3, -0.25) is 4.79 Å². The van der Waals surface area contributed by atoms with Crippen LogP contribution in [0.15, 0.2) is 18.2 Å². The summed E-state index contributed by atoms with van der Waals surface area (Å²) >= 11 is 1.79. The van der Waals surface area contributed by atoms with E-state index in [1.54, 1.807) is 43.1 Å². The third kappa shape index (κ3) is 2.87. The molecule has 1 aromatic carbocycles. The van der Waals surface area contributed by atoms with Crippen molar-refractivity contribution in [3.63, 3.8) is 0 Å². The van der Waals surface area contributed by atoms with Crippen LogP contribution >= 0.6 is 23.0 Å². The molecule has 76 valence electrons. The van der Waals surface area contributed by atoms with Crippen LogP contribution in [0.3, 0.4) is 0 Å². The van der Waals surface area contributed by atoms with E-state index >= 15 is 0 Å². The number of rotatable bonds is 4. The molecule has 0 unspecified atom stereocenters. The lowest BCUT2D eigenvalue weighted by molar-refractivity contribution is -0.116. The molecule has 0 saturated heterocycles. The Labute approximate surface area is 97.1 Å². The summed E-state index contributed by atoms with van der Waals surface area (Å²) < 4.78 is 10.2. The molecule has 0 aliphatic rings. The van der Waals surface area contributed by atoms with Crippen LogP contribution in [0.5, 0.6) is 11.5 Å². The highest BCUT2D eigenvalue weighted by atomic mass is 127. The highest BCUT2D eigenvalue weighted by molar-refractivity contribution is 14.1. The van der Waals surface area contributed by atoms with E-state index in [0.29, 0.717) is 17.9 Å². The van der Waals surface area contributed by atoms with Gasteiger partial charge >= 0.3 is 0 Å². The van der Waals surface area contributed by atoms with E-state index < -0.39 is 0 Å². The fraction of sp³-hybridized carbons (Fsp3) is 0.300. The largest absolute Gasteiger partial charge is 0.493 e. The van der Waals surface area contributed by atoms with Crippen molar-refractivity contribution < 1.29 is 12.6 Å². The summed E-state index contributed by atoms with van der Waals surface area (Å²) in [7, 11) is 1.58. The summed E-state index contributed by atoms with van der Waals surface area (Å²) in [5.41, 5.74) is 0.937. The number of benzene rings is 1. The van der Waals surface area contributed by atoms with Gasteiger partial charge in [-0.15, -0.1) is 0 Å². The van der Waals surface area contributed by atoms with Crippen molar-refractivity contribution in [2.75, 3.05) is 7.11 Å². The molecular formula is C10H11IO3. The van der Waals surface area contributed by atoms with Gasteiger partial charge in [0, 0.05) is 6.42 Å². The molecule has 4 heteroatoms. The zero-order chi connectivity index (χ0) is 10.6. The van der Waals surface area contributed by atoms with Gasteiger partial charge in [-0.05, 0) is 24.6 Å². The first kappa shape index (κ1) is 11.3. The lowest BCUT2D eigenvalue weighted by Gasteiger charge is -2.07. The summed E-state index contributed by atoms with van der Waals surface area (Å²) in [6, 6.07) is 5.47. The summed E-state index contributed by atoms with van der Waals surface area (Å²) in [5, 5.41) is 0. The molecular weight excluding hydrogens is 295 g/mol. The van der Waals surface area contributed by atoms with Crippen LogP contribution < -0.4 is 7.80 Å². The molecule has 1 aromatic rings. The predicted octanol–water partition coefficient (Wildman–Crippen LogP) is 2.56. The van der Waals surface area contributed by atoms with E-state index in [9.17, 15) is 4.79 Å². The number of methoxy groups -OCH3 is 1. The Morgan fingerprint density at radius 3 is 2.64 bits per heavy atom. The van der Waals surface area contributed by atoms with Gasteiger partial charge in [0.05, 0.1) is 7.11 Å². The lowest BCUT2D eigenvalue weighted by atomic mass is 10.1. The molecule has 0 aliphatic carbocycles. The molecule has 0 fully saturated rings. The van der Waals surface area contributed by atoms with E-state index in [2.05, 4.69) is 0 Å². The summed E-state index contributed by atoms with van der Waals surface area (Å²) in [6.45, 7) is 1.56. The van der Waals surface area contributed by atoms with Gasteiger partial charge in [0.25, 0.3) is 0 Å². The highest BCUT2D eigenvalue weighted by Crippen LogP contribution is 2.29. The topological polar surface area (TPSA) is 35.5 Å². The average Bonchev–Trinajstić information content (AvgIpc) is 2.16. The van der Waals surface area contributed by atoms with Crippen LogP contribution in [-0.2, 0) is 11.2 Å². The van der Waals surface area contributed by atoms with Gasteiger partial charge < -0.3 is 7.80 Å². The van der Waals surface area contributed by atoms with Crippen LogP contribution in [0.25, 0.3) is 0 Å². The van der Waals surface area contributed by atoms with E-state index in [1.165, 1.54) is 0 Å². The second-order valence-electron chi connectivity index (χ2n) is 2.94. The molecule has 14 heavy (non-hydrogen) atoms. The fourth-order valence-electron chi connectivity index (χ4n) is 1.17. The molecule has 0 N–H and O–H groups in total. The number of carbonyl (C=O) groups excluding carboxylic acids is 1. The number of halogens is 1. The zero-order valence-corrected chi connectivity index (χ0v) is 10.2. The van der Waals surface area contributed by atoms with Crippen LogP contribution in [-0.4, -0.2) is 12.9 Å². The van der Waals surface area contributed by atoms with Crippen molar-refractivity contribution in [1.29, 1.82) is 0 Å². The maximum Gasteiger partial charge on any atom is 0.192 e. The van der Waals surface area contributed by atoms with Gasteiger partial charge in [-0.1, -0.05) is 6.07 Å². The first-order valence-electron chi connectivity index (χ1n) is 4.12. The van der Waals surface area contributed by atoms with Gasteiger partial charge in [-0.25, -0.2) is 0 Å². The molecule has 0 aliphatic heterocycles. The number of carbonyl (C=O) groups is 1. The Kier molecular flexibility index (Phi) is 4.19. The van der Waals surface area contributed by atoms with Crippen LogP contribution in [0.4, 0.5) is 0 Å². The Morgan fingerprint density at radius 1 is 1.43 bits per heavy atom. The number of hydrogen-bond acceptors (Lipinski definition) is 3. The van der Waals surface area contributed by atoms with Crippen molar-refractivity contribution >= 4 is 28.8 Å². The van der Waals surface area contributed by atoms with Gasteiger partial charge in [0.2, 0.25) is 0 Å². The number of ether oxygens (including phenoxy) is 1. The smallest absolute Gasteiger partial charge is 0.192 e. The molecule has 0 aromatic heterocycles. The van der Waals surface area contributed by atoms with Crippen LogP contribution in [0.2, 0.25) is 0 Å². The van der Waals surface area contributed by atoms with Gasteiger partial charge in [-0.2, -0.15) is 0 Å². The average molecular weight is 306 g/mol. The minimum absolute atomic E-state index is 0.134. The minimum atomic E-state index is 0.134. The maximum absolute atomic E-state index is 10.9. The molecule has 0 amide bonds. The van der Waals surface area contributed by atoms with E-state index in [-0.39, 0.29) is 5.78 Å². The number of Topliss-reactive ketones (excluding diaryl/α,β-unsaturated/α-hetero) is 1. The molecule has 0 heterocycles. The molecule has 3 nitrogen and oxygen atoms in total. The Morgan fingerprint density at radius 2 is 2.14 bits per heavy atom. The Balaban J connectivity index is 2.95. The first-order valence-corrected chi connectivity index (χ1v) is 5.00. The predicted molar refractivity (Wildman–Crippen MR) is 62.0 cm³/mol. The standard InChI is InChI=1S/C10H11IO3/c1-7(12)5-8-3-4-9(14-11)10(6-8)13-2/h3-4,6H,5H2,1-2H3. The van der Waals surface area contributed by atoms with E-state index in [1.807, 2.05) is 12.1 Å². The van der Waals surface area contributed by atoms with Crippen molar-refractivity contribution in [3.8, 4) is 11.5 Å². The molecule has 0 bridgehead atoms. The number of ketones is 1. The molecule has 0 radical (unpaired) electrons. The Hall–Kier alpha value is -0.780. The second-order valence-corrected chi connectivity index (χ2v) is 3.38. The Bertz CT molecular complexity index is 336. The maximum atomic E-state index is 10.9. The van der Waals surface area contributed by atoms with Gasteiger partial charge in [0.1, 0.15) is 5.78 Å². The normalized spacial score (nSPS) is 9.64. The van der Waals surface area contributed by atoms with Crippen molar-refractivity contribution in [1.82, 2.24) is 0 Å². The molecule has 1 rings (SSSR count). The summed E-state index contributed by atoms with van der Waals surface area (Å²) in [6.07, 6.45) is 0.428. The SMILES string of the molecule is COc1cc(CC(C)=O)ccc1OI. The third-order valence-corrected chi connectivity index (χ3v) is 2.24. The van der Waals surface area contributed by atoms with E-state index in [0.717, 1.165) is 5.56 Å². The monoisotopic (exact) mass is 306 g/mol. The molecule has 0 spiro atoms. The highest BCUT2D eigenvalue weighted by Gasteiger charge is 2.06. The van der Waals surface area contributed by atoms with E-state index in [4.69, 9.17) is 7.80 Å². The summed E-state index contributed by atoms with van der Waals surface area (Å²) in [4.78, 5) is 10.9. The minimum Gasteiger partial charge on any atom is -0.493 e. The van der Waals surface area contributed by atoms with Gasteiger partial charge in [0.15, 0.2) is 34.5 Å². The number of hydrogen-bond donors (Lipinski definition) is 0. The second kappa shape index (κ2) is 5.19. The lowest BCUT2D eigenvalue weighted by Crippen LogP contribution is -1.97. The van der Waals surface area contributed by atoms with Crippen molar-refractivity contribution in [2.45, 2.75) is 13.3 Å². The molecule has 0 saturated carbocycles. The zero-order valence-electron chi connectivity index (χ0n) is 8.04. The third-order valence-electron chi connectivity index (χ3n) is 1.76. The molecule has 0 atom stereocenters.